The fourth-order valence-corrected chi connectivity index (χ4v) is 2.42. The van der Waals surface area contributed by atoms with Crippen LogP contribution in [0.25, 0.3) is 0 Å². The van der Waals surface area contributed by atoms with E-state index in [1.165, 1.54) is 4.90 Å². The van der Waals surface area contributed by atoms with Crippen LogP contribution in [-0.2, 0) is 0 Å². The first-order valence-corrected chi connectivity index (χ1v) is 6.11. The van der Waals surface area contributed by atoms with E-state index in [9.17, 15) is 14.7 Å². The molecule has 4 heteroatoms. The summed E-state index contributed by atoms with van der Waals surface area (Å²) in [5.41, 5.74) is 2.60. The minimum absolute atomic E-state index is 0.194. The monoisotopic (exact) mass is 247 g/mol. The molecule has 0 saturated heterocycles. The van der Waals surface area contributed by atoms with Crippen molar-refractivity contribution >= 4 is 11.8 Å². The summed E-state index contributed by atoms with van der Waals surface area (Å²) in [6.45, 7) is 5.31. The van der Waals surface area contributed by atoms with Gasteiger partial charge >= 0.3 is 0 Å². The smallest absolute Gasteiger partial charge is 0.262 e. The van der Waals surface area contributed by atoms with Gasteiger partial charge in [0.1, 0.15) is 0 Å². The molecule has 0 fully saturated rings. The summed E-state index contributed by atoms with van der Waals surface area (Å²) in [5.74, 6) is -0.561. The van der Waals surface area contributed by atoms with Crippen molar-refractivity contribution in [2.75, 3.05) is 6.61 Å². The molecule has 1 aromatic carbocycles. The molecule has 0 saturated carbocycles. The fraction of sp³-hybridized carbons (Fsp3) is 0.429. The summed E-state index contributed by atoms with van der Waals surface area (Å²) in [6.07, 6.45) is 0.556. The number of benzene rings is 1. The molecule has 4 nitrogen and oxygen atoms in total. The summed E-state index contributed by atoms with van der Waals surface area (Å²) in [7, 11) is 0. The number of nitrogens with zero attached hydrogens (tertiary/aromatic N) is 1. The number of amides is 2. The molecular formula is C14H17NO3. The van der Waals surface area contributed by atoms with Gasteiger partial charge in [0.25, 0.3) is 11.8 Å². The zero-order chi connectivity index (χ0) is 13.4. The minimum Gasteiger partial charge on any atom is -0.394 e. The van der Waals surface area contributed by atoms with E-state index < -0.39 is 6.04 Å². The number of imide groups is 1. The van der Waals surface area contributed by atoms with Crippen LogP contribution in [0.15, 0.2) is 12.1 Å². The Morgan fingerprint density at radius 3 is 1.89 bits per heavy atom. The lowest BCUT2D eigenvalue weighted by Crippen LogP contribution is -2.41. The molecule has 1 N–H and O–H groups in total. The summed E-state index contributed by atoms with van der Waals surface area (Å²) in [5, 5.41) is 9.29. The highest BCUT2D eigenvalue weighted by Gasteiger charge is 2.40. The van der Waals surface area contributed by atoms with Crippen molar-refractivity contribution in [2.24, 2.45) is 0 Å². The first-order chi connectivity index (χ1) is 8.52. The number of fused-ring (bicyclic) bond motifs is 1. The van der Waals surface area contributed by atoms with Gasteiger partial charge in [0.2, 0.25) is 0 Å². The Kier molecular flexibility index (Phi) is 3.22. The second kappa shape index (κ2) is 4.53. The van der Waals surface area contributed by atoms with Crippen LogP contribution in [0.4, 0.5) is 0 Å². The van der Waals surface area contributed by atoms with Crippen LogP contribution >= 0.6 is 0 Å². The zero-order valence-corrected chi connectivity index (χ0v) is 10.9. The third-order valence-electron chi connectivity index (χ3n) is 3.53. The Labute approximate surface area is 106 Å². The molecule has 96 valence electrons. The lowest BCUT2D eigenvalue weighted by molar-refractivity contribution is 0.0511. The minimum atomic E-state index is -0.434. The van der Waals surface area contributed by atoms with Crippen LogP contribution in [0.1, 0.15) is 45.2 Å². The highest BCUT2D eigenvalue weighted by atomic mass is 16.3. The lowest BCUT2D eigenvalue weighted by Gasteiger charge is -2.22. The van der Waals surface area contributed by atoms with Crippen LogP contribution in [0.3, 0.4) is 0 Å². The van der Waals surface area contributed by atoms with E-state index in [-0.39, 0.29) is 18.4 Å². The second-order valence-corrected chi connectivity index (χ2v) is 4.67. The molecule has 1 unspecified atom stereocenters. The van der Waals surface area contributed by atoms with Gasteiger partial charge in [-0.2, -0.15) is 0 Å². The maximum Gasteiger partial charge on any atom is 0.262 e. The van der Waals surface area contributed by atoms with Gasteiger partial charge in [-0.3, -0.25) is 14.5 Å². The van der Waals surface area contributed by atoms with E-state index in [1.807, 2.05) is 32.9 Å². The molecule has 1 aromatic rings. The molecule has 0 radical (unpaired) electrons. The average Bonchev–Trinajstić information content (AvgIpc) is 2.61. The van der Waals surface area contributed by atoms with E-state index in [4.69, 9.17) is 0 Å². The topological polar surface area (TPSA) is 57.6 Å². The van der Waals surface area contributed by atoms with Gasteiger partial charge in [0, 0.05) is 0 Å². The van der Waals surface area contributed by atoms with Crippen molar-refractivity contribution in [3.8, 4) is 0 Å². The molecule has 2 rings (SSSR count). The van der Waals surface area contributed by atoms with Crippen LogP contribution in [0.2, 0.25) is 0 Å². The van der Waals surface area contributed by atoms with Gasteiger partial charge in [0.15, 0.2) is 0 Å². The Morgan fingerprint density at radius 2 is 1.56 bits per heavy atom. The molecular weight excluding hydrogens is 230 g/mol. The molecule has 18 heavy (non-hydrogen) atoms. The molecule has 1 atom stereocenters. The molecule has 1 heterocycles. The highest BCUT2D eigenvalue weighted by molar-refractivity contribution is 6.22. The third kappa shape index (κ3) is 1.64. The van der Waals surface area contributed by atoms with Crippen molar-refractivity contribution in [3.05, 3.63) is 34.4 Å². The normalized spacial score (nSPS) is 16.1. The van der Waals surface area contributed by atoms with Gasteiger partial charge in [0.05, 0.1) is 23.8 Å². The van der Waals surface area contributed by atoms with E-state index >= 15 is 0 Å². The van der Waals surface area contributed by atoms with Crippen molar-refractivity contribution in [1.82, 2.24) is 4.90 Å². The molecule has 0 aliphatic carbocycles. The first kappa shape index (κ1) is 12.8. The molecule has 2 amide bonds. The molecule has 0 aromatic heterocycles. The first-order valence-electron chi connectivity index (χ1n) is 6.11. The summed E-state index contributed by atoms with van der Waals surface area (Å²) >= 11 is 0. The molecule has 0 bridgehead atoms. The Hall–Kier alpha value is -1.68. The van der Waals surface area contributed by atoms with Crippen LogP contribution in [-0.4, -0.2) is 34.5 Å². The van der Waals surface area contributed by atoms with Crippen molar-refractivity contribution in [3.63, 3.8) is 0 Å². The Balaban J connectivity index is 2.57. The van der Waals surface area contributed by atoms with Gasteiger partial charge in [-0.05, 0) is 31.4 Å². The predicted octanol–water partition coefficient (Wildman–Crippen LogP) is 1.67. The third-order valence-corrected chi connectivity index (χ3v) is 3.53. The van der Waals surface area contributed by atoms with Crippen LogP contribution in [0, 0.1) is 13.8 Å². The summed E-state index contributed by atoms with van der Waals surface area (Å²) in [4.78, 5) is 25.9. The zero-order valence-electron chi connectivity index (χ0n) is 10.9. The van der Waals surface area contributed by atoms with Crippen molar-refractivity contribution in [2.45, 2.75) is 33.2 Å². The number of aliphatic hydroxyl groups excluding tert-OH is 1. The molecule has 1 aliphatic heterocycles. The number of rotatable bonds is 3. The number of aryl methyl sites for hydroxylation is 2. The van der Waals surface area contributed by atoms with E-state index in [0.717, 1.165) is 11.1 Å². The fourth-order valence-electron chi connectivity index (χ4n) is 2.42. The van der Waals surface area contributed by atoms with E-state index in [2.05, 4.69) is 0 Å². The highest BCUT2D eigenvalue weighted by Crippen LogP contribution is 2.30. The quantitative estimate of drug-likeness (QED) is 0.827. The Bertz CT molecular complexity index is 477. The number of hydrogen-bond acceptors (Lipinski definition) is 3. The Morgan fingerprint density at radius 1 is 1.11 bits per heavy atom. The van der Waals surface area contributed by atoms with Crippen molar-refractivity contribution in [1.29, 1.82) is 0 Å². The number of aliphatic hydroxyl groups is 1. The van der Waals surface area contributed by atoms with Crippen molar-refractivity contribution < 1.29 is 14.7 Å². The predicted molar refractivity (Wildman–Crippen MR) is 67.6 cm³/mol. The largest absolute Gasteiger partial charge is 0.394 e. The summed E-state index contributed by atoms with van der Waals surface area (Å²) in [6, 6.07) is 3.27. The van der Waals surface area contributed by atoms with Crippen LogP contribution in [0.5, 0.6) is 0 Å². The van der Waals surface area contributed by atoms with E-state index in [0.29, 0.717) is 17.5 Å². The van der Waals surface area contributed by atoms with Gasteiger partial charge in [-0.25, -0.2) is 0 Å². The maximum absolute atomic E-state index is 12.3. The van der Waals surface area contributed by atoms with Gasteiger partial charge in [-0.15, -0.1) is 0 Å². The summed E-state index contributed by atoms with van der Waals surface area (Å²) < 4.78 is 0. The second-order valence-electron chi connectivity index (χ2n) is 4.67. The van der Waals surface area contributed by atoms with Crippen LogP contribution < -0.4 is 0 Å². The standard InChI is InChI=1S/C14H17NO3/c1-4-10(7-16)15-13(17)11-8(2)5-6-9(3)12(11)14(15)18/h5-6,10,16H,4,7H2,1-3H3. The number of carbonyl (C=O) groups is 2. The molecule has 0 spiro atoms. The molecule has 1 aliphatic rings. The average molecular weight is 247 g/mol. The van der Waals surface area contributed by atoms with Gasteiger partial charge in [-0.1, -0.05) is 19.1 Å². The number of hydrogen-bond donors (Lipinski definition) is 1. The van der Waals surface area contributed by atoms with Gasteiger partial charge < -0.3 is 5.11 Å². The number of carbonyl (C=O) groups excluding carboxylic acids is 2. The van der Waals surface area contributed by atoms with E-state index in [1.54, 1.807) is 0 Å². The SMILES string of the molecule is CCC(CO)N1C(=O)c2c(C)ccc(C)c2C1=O. The maximum atomic E-state index is 12.3. The lowest BCUT2D eigenvalue weighted by atomic mass is 9.99.